The fourth-order valence-corrected chi connectivity index (χ4v) is 2.13. The molecule has 16 heavy (non-hydrogen) atoms. The topological polar surface area (TPSA) is 29.5 Å². The molecule has 2 atom stereocenters. The number of aliphatic hydroxyl groups excluding tert-OH is 1. The summed E-state index contributed by atoms with van der Waals surface area (Å²) in [6.45, 7) is 3.89. The summed E-state index contributed by atoms with van der Waals surface area (Å²) in [7, 11) is 0. The summed E-state index contributed by atoms with van der Waals surface area (Å²) < 4.78 is 19.5. The molecule has 88 valence electrons. The lowest BCUT2D eigenvalue weighted by Crippen LogP contribution is -2.56. The van der Waals surface area contributed by atoms with Gasteiger partial charge < -0.3 is 9.84 Å². The van der Waals surface area contributed by atoms with Crippen LogP contribution in [0, 0.1) is 11.2 Å². The third-order valence-corrected chi connectivity index (χ3v) is 3.94. The zero-order chi connectivity index (χ0) is 11.9. The summed E-state index contributed by atoms with van der Waals surface area (Å²) in [6, 6.07) is 4.34. The molecule has 1 saturated carbocycles. The minimum atomic E-state index is -0.343. The standard InChI is InChI=1S/C12H14BrFO2/c1-12(2)10(15)6-11(12)16-9-5-7(14)3-4-8(9)13/h3-5,10-11,15H,6H2,1-2H3. The summed E-state index contributed by atoms with van der Waals surface area (Å²) in [4.78, 5) is 0. The lowest BCUT2D eigenvalue weighted by atomic mass is 9.66. The molecule has 0 aliphatic heterocycles. The zero-order valence-corrected chi connectivity index (χ0v) is 10.8. The monoisotopic (exact) mass is 288 g/mol. The molecule has 0 amide bonds. The lowest BCUT2D eigenvalue weighted by molar-refractivity contribution is -0.134. The molecule has 1 aromatic carbocycles. The van der Waals surface area contributed by atoms with E-state index in [9.17, 15) is 9.50 Å². The van der Waals surface area contributed by atoms with Crippen LogP contribution < -0.4 is 4.74 Å². The Morgan fingerprint density at radius 1 is 1.50 bits per heavy atom. The van der Waals surface area contributed by atoms with E-state index in [1.165, 1.54) is 12.1 Å². The van der Waals surface area contributed by atoms with Crippen molar-refractivity contribution < 1.29 is 14.2 Å². The predicted octanol–water partition coefficient (Wildman–Crippen LogP) is 3.13. The Morgan fingerprint density at radius 2 is 2.19 bits per heavy atom. The van der Waals surface area contributed by atoms with Crippen molar-refractivity contribution in [2.24, 2.45) is 5.41 Å². The van der Waals surface area contributed by atoms with Gasteiger partial charge in [-0.15, -0.1) is 0 Å². The quantitative estimate of drug-likeness (QED) is 0.906. The van der Waals surface area contributed by atoms with Crippen molar-refractivity contribution in [3.8, 4) is 5.75 Å². The molecule has 0 saturated heterocycles. The van der Waals surface area contributed by atoms with Gasteiger partial charge in [0.25, 0.3) is 0 Å². The first-order valence-electron chi connectivity index (χ1n) is 5.21. The van der Waals surface area contributed by atoms with Gasteiger partial charge in [0.1, 0.15) is 17.7 Å². The maximum Gasteiger partial charge on any atom is 0.136 e. The minimum Gasteiger partial charge on any atom is -0.488 e. The Hall–Kier alpha value is -0.610. The molecule has 0 aromatic heterocycles. The molecular weight excluding hydrogens is 275 g/mol. The Balaban J connectivity index is 2.13. The maximum absolute atomic E-state index is 13.0. The highest BCUT2D eigenvalue weighted by atomic mass is 79.9. The van der Waals surface area contributed by atoms with Gasteiger partial charge in [-0.2, -0.15) is 0 Å². The fourth-order valence-electron chi connectivity index (χ4n) is 1.79. The Labute approximate surface area is 103 Å². The second-order valence-corrected chi connectivity index (χ2v) is 5.61. The molecule has 0 heterocycles. The van der Waals surface area contributed by atoms with Gasteiger partial charge in [0.2, 0.25) is 0 Å². The third-order valence-electron chi connectivity index (χ3n) is 3.29. The molecule has 1 aliphatic carbocycles. The van der Waals surface area contributed by atoms with Crippen molar-refractivity contribution in [3.05, 3.63) is 28.5 Å². The molecule has 2 unspecified atom stereocenters. The summed E-state index contributed by atoms with van der Waals surface area (Å²) in [5.74, 6) is 0.167. The van der Waals surface area contributed by atoms with Gasteiger partial charge in [0.05, 0.1) is 10.6 Å². The third kappa shape index (κ3) is 1.96. The van der Waals surface area contributed by atoms with E-state index in [1.807, 2.05) is 13.8 Å². The molecule has 1 N–H and O–H groups in total. The number of aliphatic hydroxyl groups is 1. The van der Waals surface area contributed by atoms with E-state index in [1.54, 1.807) is 6.07 Å². The maximum atomic E-state index is 13.0. The van der Waals surface area contributed by atoms with Crippen LogP contribution in [0.15, 0.2) is 22.7 Å². The van der Waals surface area contributed by atoms with E-state index in [4.69, 9.17) is 4.74 Å². The molecule has 2 rings (SSSR count). The van der Waals surface area contributed by atoms with Crippen LogP contribution in [0.25, 0.3) is 0 Å². The normalized spacial score (nSPS) is 27.3. The number of halogens is 2. The number of hydrogen-bond acceptors (Lipinski definition) is 2. The molecule has 1 aliphatic rings. The lowest BCUT2D eigenvalue weighted by Gasteiger charge is -2.48. The average Bonchev–Trinajstić information content (AvgIpc) is 2.23. The van der Waals surface area contributed by atoms with E-state index >= 15 is 0 Å². The van der Waals surface area contributed by atoms with Crippen molar-refractivity contribution in [2.75, 3.05) is 0 Å². The van der Waals surface area contributed by atoms with Gasteiger partial charge in [-0.1, -0.05) is 13.8 Å². The Kier molecular flexibility index (Phi) is 2.97. The summed E-state index contributed by atoms with van der Waals surface area (Å²) in [5, 5.41) is 9.58. The minimum absolute atomic E-state index is 0.0689. The van der Waals surface area contributed by atoms with Crippen molar-refractivity contribution in [2.45, 2.75) is 32.5 Å². The first-order valence-corrected chi connectivity index (χ1v) is 6.00. The first-order chi connectivity index (χ1) is 7.41. The number of benzene rings is 1. The molecule has 0 bridgehead atoms. The summed E-state index contributed by atoms with van der Waals surface area (Å²) >= 11 is 3.31. The van der Waals surface area contributed by atoms with Crippen LogP contribution in [-0.2, 0) is 0 Å². The first kappa shape index (κ1) is 11.9. The number of rotatable bonds is 2. The van der Waals surface area contributed by atoms with Gasteiger partial charge in [-0.3, -0.25) is 0 Å². The van der Waals surface area contributed by atoms with Gasteiger partial charge in [-0.05, 0) is 28.1 Å². The second kappa shape index (κ2) is 4.00. The van der Waals surface area contributed by atoms with Crippen molar-refractivity contribution in [1.29, 1.82) is 0 Å². The number of ether oxygens (including phenoxy) is 1. The van der Waals surface area contributed by atoms with E-state index in [0.29, 0.717) is 12.2 Å². The van der Waals surface area contributed by atoms with Crippen LogP contribution >= 0.6 is 15.9 Å². The zero-order valence-electron chi connectivity index (χ0n) is 9.21. The van der Waals surface area contributed by atoms with E-state index < -0.39 is 0 Å². The van der Waals surface area contributed by atoms with E-state index in [-0.39, 0.29) is 23.4 Å². The Morgan fingerprint density at radius 3 is 2.75 bits per heavy atom. The highest BCUT2D eigenvalue weighted by molar-refractivity contribution is 9.10. The highest BCUT2D eigenvalue weighted by Gasteiger charge is 2.49. The molecule has 4 heteroatoms. The smallest absolute Gasteiger partial charge is 0.136 e. The van der Waals surface area contributed by atoms with Gasteiger partial charge in [-0.25, -0.2) is 4.39 Å². The van der Waals surface area contributed by atoms with E-state index in [2.05, 4.69) is 15.9 Å². The second-order valence-electron chi connectivity index (χ2n) is 4.75. The van der Waals surface area contributed by atoms with Gasteiger partial charge in [0, 0.05) is 17.9 Å². The highest BCUT2D eigenvalue weighted by Crippen LogP contribution is 2.43. The van der Waals surface area contributed by atoms with Crippen LogP contribution in [0.4, 0.5) is 4.39 Å². The molecule has 0 radical (unpaired) electrons. The molecule has 1 fully saturated rings. The molecule has 0 spiro atoms. The van der Waals surface area contributed by atoms with Crippen molar-refractivity contribution in [1.82, 2.24) is 0 Å². The molecule has 2 nitrogen and oxygen atoms in total. The van der Waals surface area contributed by atoms with Gasteiger partial charge in [0.15, 0.2) is 0 Å². The summed E-state index contributed by atoms with van der Waals surface area (Å²) in [6.07, 6.45) is 0.182. The van der Waals surface area contributed by atoms with Crippen LogP contribution in [0.3, 0.4) is 0 Å². The van der Waals surface area contributed by atoms with Crippen LogP contribution in [-0.4, -0.2) is 17.3 Å². The van der Waals surface area contributed by atoms with Crippen LogP contribution in [0.2, 0.25) is 0 Å². The Bertz CT molecular complexity index is 406. The fraction of sp³-hybridized carbons (Fsp3) is 0.500. The largest absolute Gasteiger partial charge is 0.488 e. The van der Waals surface area contributed by atoms with Crippen LogP contribution in [0.1, 0.15) is 20.3 Å². The van der Waals surface area contributed by atoms with Gasteiger partial charge >= 0.3 is 0 Å². The summed E-state index contributed by atoms with van der Waals surface area (Å²) in [5.41, 5.74) is -0.272. The molecular formula is C12H14BrFO2. The number of hydrogen-bond donors (Lipinski definition) is 1. The van der Waals surface area contributed by atoms with E-state index in [0.717, 1.165) is 4.47 Å². The van der Waals surface area contributed by atoms with Crippen molar-refractivity contribution >= 4 is 15.9 Å². The SMILES string of the molecule is CC1(C)C(O)CC1Oc1cc(F)ccc1Br. The average molecular weight is 289 g/mol. The van der Waals surface area contributed by atoms with Crippen LogP contribution in [0.5, 0.6) is 5.75 Å². The predicted molar refractivity (Wildman–Crippen MR) is 62.9 cm³/mol. The van der Waals surface area contributed by atoms with Crippen molar-refractivity contribution in [3.63, 3.8) is 0 Å². The molecule has 1 aromatic rings.